The summed E-state index contributed by atoms with van der Waals surface area (Å²) in [7, 11) is -4.07. The maximum absolute atomic E-state index is 10.7. The Hall–Kier alpha value is -0.140. The van der Waals surface area contributed by atoms with Crippen molar-refractivity contribution in [3.63, 3.8) is 0 Å². The Labute approximate surface area is 97.4 Å². The highest BCUT2D eigenvalue weighted by Gasteiger charge is 2.16. The number of hydrogen-bond donors (Lipinski definition) is 1. The zero-order valence-electron chi connectivity index (χ0n) is 7.86. The molecule has 0 saturated carbocycles. The summed E-state index contributed by atoms with van der Waals surface area (Å²) in [6.45, 7) is 4.05. The second-order valence-corrected chi connectivity index (χ2v) is 7.59. The van der Waals surface area contributed by atoms with Gasteiger partial charge in [0.15, 0.2) is 0 Å². The highest BCUT2D eigenvalue weighted by Crippen LogP contribution is 2.30. The van der Waals surface area contributed by atoms with Gasteiger partial charge in [-0.25, -0.2) is 0 Å². The first-order valence-corrected chi connectivity index (χ1v) is 6.50. The zero-order valence-corrected chi connectivity index (χ0v) is 10.8. The minimum atomic E-state index is -4.07. The summed E-state index contributed by atoms with van der Waals surface area (Å²) >= 11 is 2.26. The zero-order chi connectivity index (χ0) is 11.0. The van der Waals surface area contributed by atoms with Gasteiger partial charge in [-0.3, -0.25) is 4.55 Å². The molecular formula is C9H11IO3S. The molecule has 0 spiro atoms. The molecule has 1 N–H and O–H groups in total. The lowest BCUT2D eigenvalue weighted by Gasteiger charge is -2.16. The second kappa shape index (κ2) is 3.79. The second-order valence-electron chi connectivity index (χ2n) is 3.47. The number of alkyl halides is 1. The van der Waals surface area contributed by atoms with Crippen LogP contribution in [0.1, 0.15) is 19.4 Å². The fourth-order valence-corrected chi connectivity index (χ4v) is 1.86. The Morgan fingerprint density at radius 1 is 1.21 bits per heavy atom. The minimum absolute atomic E-state index is 0.0461. The molecule has 0 amide bonds. The third-order valence-corrected chi connectivity index (χ3v) is 3.33. The van der Waals surface area contributed by atoms with Crippen molar-refractivity contribution in [3.05, 3.63) is 29.8 Å². The fraction of sp³-hybridized carbons (Fsp3) is 0.333. The maximum Gasteiger partial charge on any atom is 0.294 e. The van der Waals surface area contributed by atoms with E-state index in [1.807, 2.05) is 13.8 Å². The van der Waals surface area contributed by atoms with E-state index < -0.39 is 10.1 Å². The van der Waals surface area contributed by atoms with Crippen LogP contribution < -0.4 is 0 Å². The topological polar surface area (TPSA) is 54.4 Å². The molecular weight excluding hydrogens is 315 g/mol. The first-order valence-electron chi connectivity index (χ1n) is 3.98. The Bertz CT molecular complexity index is 414. The summed E-state index contributed by atoms with van der Waals surface area (Å²) in [4.78, 5) is -0.0677. The predicted octanol–water partition coefficient (Wildman–Crippen LogP) is 2.60. The van der Waals surface area contributed by atoms with E-state index in [1.165, 1.54) is 12.1 Å². The quantitative estimate of drug-likeness (QED) is 0.516. The lowest BCUT2D eigenvalue weighted by molar-refractivity contribution is 0.483. The van der Waals surface area contributed by atoms with Crippen LogP contribution in [0.25, 0.3) is 0 Å². The molecule has 1 aromatic rings. The summed E-state index contributed by atoms with van der Waals surface area (Å²) < 4.78 is 30.2. The molecule has 0 aliphatic rings. The molecule has 0 aromatic heterocycles. The molecule has 0 radical (unpaired) electrons. The monoisotopic (exact) mass is 326 g/mol. The number of benzene rings is 1. The highest BCUT2D eigenvalue weighted by atomic mass is 127. The van der Waals surface area contributed by atoms with Crippen LogP contribution in [0.2, 0.25) is 0 Å². The van der Waals surface area contributed by atoms with Crippen molar-refractivity contribution in [3.8, 4) is 0 Å². The molecule has 0 aliphatic carbocycles. The predicted molar refractivity (Wildman–Crippen MR) is 63.3 cm³/mol. The Balaban J connectivity index is 3.14. The van der Waals surface area contributed by atoms with Gasteiger partial charge in [-0.15, -0.1) is 0 Å². The summed E-state index contributed by atoms with van der Waals surface area (Å²) in [5.41, 5.74) is 1.02. The van der Waals surface area contributed by atoms with E-state index in [1.54, 1.807) is 12.1 Å². The average molecular weight is 326 g/mol. The Morgan fingerprint density at radius 2 is 1.64 bits per heavy atom. The van der Waals surface area contributed by atoms with Crippen molar-refractivity contribution in [2.24, 2.45) is 0 Å². The van der Waals surface area contributed by atoms with E-state index in [0.29, 0.717) is 0 Å². The normalized spacial score (nSPS) is 12.9. The summed E-state index contributed by atoms with van der Waals surface area (Å²) in [6, 6.07) is 6.22. The van der Waals surface area contributed by atoms with Gasteiger partial charge in [-0.2, -0.15) is 8.42 Å². The van der Waals surface area contributed by atoms with Crippen molar-refractivity contribution in [1.29, 1.82) is 0 Å². The molecule has 0 aliphatic heterocycles. The first kappa shape index (κ1) is 11.9. The van der Waals surface area contributed by atoms with Crippen molar-refractivity contribution in [2.75, 3.05) is 0 Å². The van der Waals surface area contributed by atoms with Crippen LogP contribution in [0, 0.1) is 0 Å². The summed E-state index contributed by atoms with van der Waals surface area (Å²) in [6.07, 6.45) is 0. The Kier molecular flexibility index (Phi) is 3.23. The van der Waals surface area contributed by atoms with Crippen molar-refractivity contribution in [2.45, 2.75) is 22.2 Å². The molecule has 0 atom stereocenters. The van der Waals surface area contributed by atoms with Crippen LogP contribution in [-0.4, -0.2) is 13.0 Å². The molecule has 0 bridgehead atoms. The first-order chi connectivity index (χ1) is 6.21. The average Bonchev–Trinajstić information content (AvgIpc) is 2.01. The van der Waals surface area contributed by atoms with Crippen LogP contribution in [0.4, 0.5) is 0 Å². The van der Waals surface area contributed by atoms with E-state index in [4.69, 9.17) is 4.55 Å². The van der Waals surface area contributed by atoms with Gasteiger partial charge in [0.2, 0.25) is 0 Å². The van der Waals surface area contributed by atoms with E-state index in [-0.39, 0.29) is 8.32 Å². The lowest BCUT2D eigenvalue weighted by Crippen LogP contribution is -2.07. The smallest absolute Gasteiger partial charge is 0.282 e. The third-order valence-electron chi connectivity index (χ3n) is 1.84. The van der Waals surface area contributed by atoms with E-state index in [2.05, 4.69) is 22.6 Å². The number of halogens is 1. The van der Waals surface area contributed by atoms with Gasteiger partial charge in [-0.1, -0.05) is 34.7 Å². The molecule has 14 heavy (non-hydrogen) atoms. The standard InChI is InChI=1S/C9H11IO3S/c1-9(2,10)7-3-5-8(6-4-7)14(11,12)13/h3-6H,1-2H3,(H,11,12,13). The summed E-state index contributed by atoms with van der Waals surface area (Å²) in [5.74, 6) is 0. The van der Waals surface area contributed by atoms with Gasteiger partial charge in [0.05, 0.1) is 4.90 Å². The van der Waals surface area contributed by atoms with Gasteiger partial charge < -0.3 is 0 Å². The van der Waals surface area contributed by atoms with Crippen molar-refractivity contribution < 1.29 is 13.0 Å². The maximum atomic E-state index is 10.7. The molecule has 3 nitrogen and oxygen atoms in total. The van der Waals surface area contributed by atoms with Crippen molar-refractivity contribution >= 4 is 32.7 Å². The van der Waals surface area contributed by atoms with Crippen LogP contribution in [-0.2, 0) is 13.5 Å². The molecule has 0 saturated heterocycles. The van der Waals surface area contributed by atoms with Gasteiger partial charge in [0, 0.05) is 3.42 Å². The molecule has 0 unspecified atom stereocenters. The van der Waals surface area contributed by atoms with Crippen molar-refractivity contribution in [1.82, 2.24) is 0 Å². The van der Waals surface area contributed by atoms with E-state index in [9.17, 15) is 8.42 Å². The largest absolute Gasteiger partial charge is 0.294 e. The van der Waals surface area contributed by atoms with Gasteiger partial charge in [0.25, 0.3) is 10.1 Å². The SMILES string of the molecule is CC(C)(I)c1ccc(S(=O)(=O)O)cc1. The number of hydrogen-bond acceptors (Lipinski definition) is 2. The minimum Gasteiger partial charge on any atom is -0.282 e. The molecule has 78 valence electrons. The Morgan fingerprint density at radius 3 is 1.93 bits per heavy atom. The van der Waals surface area contributed by atoms with Gasteiger partial charge in [-0.05, 0) is 31.5 Å². The number of rotatable bonds is 2. The molecule has 1 aromatic carbocycles. The highest BCUT2D eigenvalue weighted by molar-refractivity contribution is 14.1. The van der Waals surface area contributed by atoms with Crippen LogP contribution in [0.15, 0.2) is 29.2 Å². The van der Waals surface area contributed by atoms with Gasteiger partial charge in [0.1, 0.15) is 0 Å². The molecule has 0 fully saturated rings. The fourth-order valence-electron chi connectivity index (χ4n) is 1.02. The lowest BCUT2D eigenvalue weighted by atomic mass is 10.0. The van der Waals surface area contributed by atoms with Crippen LogP contribution in [0.5, 0.6) is 0 Å². The molecule has 0 heterocycles. The van der Waals surface area contributed by atoms with E-state index >= 15 is 0 Å². The third kappa shape index (κ3) is 2.93. The molecule has 5 heteroatoms. The van der Waals surface area contributed by atoms with Crippen LogP contribution >= 0.6 is 22.6 Å². The van der Waals surface area contributed by atoms with Crippen LogP contribution in [0.3, 0.4) is 0 Å². The van der Waals surface area contributed by atoms with E-state index in [0.717, 1.165) is 5.56 Å². The molecule has 1 rings (SSSR count). The summed E-state index contributed by atoms with van der Waals surface area (Å²) in [5, 5.41) is 0. The van der Waals surface area contributed by atoms with Gasteiger partial charge >= 0.3 is 0 Å².